The lowest BCUT2D eigenvalue weighted by Gasteiger charge is -2.28. The maximum atomic E-state index is 12.0. The van der Waals surface area contributed by atoms with Crippen LogP contribution in [-0.2, 0) is 11.3 Å². The number of amides is 1. The zero-order valence-corrected chi connectivity index (χ0v) is 9.92. The van der Waals surface area contributed by atoms with Crippen molar-refractivity contribution in [3.8, 4) is 0 Å². The summed E-state index contributed by atoms with van der Waals surface area (Å²) in [6.07, 6.45) is 3.18. The minimum absolute atomic E-state index is 0.0228. The van der Waals surface area contributed by atoms with Crippen molar-refractivity contribution in [3.05, 3.63) is 18.0 Å². The van der Waals surface area contributed by atoms with Crippen LogP contribution in [-0.4, -0.2) is 22.6 Å². The van der Waals surface area contributed by atoms with Crippen molar-refractivity contribution >= 4 is 5.91 Å². The highest BCUT2D eigenvalue weighted by atomic mass is 16.2. The number of carbonyl (C=O) groups is 1. The minimum Gasteiger partial charge on any atom is -0.350 e. The molecule has 0 saturated carbocycles. The Morgan fingerprint density at radius 2 is 2.25 bits per heavy atom. The summed E-state index contributed by atoms with van der Waals surface area (Å²) < 4.78 is 0. The van der Waals surface area contributed by atoms with Gasteiger partial charge in [0.1, 0.15) is 0 Å². The molecule has 0 unspecified atom stereocenters. The van der Waals surface area contributed by atoms with Gasteiger partial charge in [0.2, 0.25) is 5.91 Å². The molecule has 0 atom stereocenters. The lowest BCUT2D eigenvalue weighted by atomic mass is 9.81. The average Bonchev–Trinajstić information content (AvgIpc) is 2.82. The predicted molar refractivity (Wildman–Crippen MR) is 62.5 cm³/mol. The molecule has 0 aromatic carbocycles. The van der Waals surface area contributed by atoms with E-state index in [9.17, 15) is 4.79 Å². The molecule has 0 aliphatic carbocycles. The zero-order chi connectivity index (χ0) is 12.0. The third-order valence-electron chi connectivity index (χ3n) is 3.22. The Kier molecular flexibility index (Phi) is 4.49. The second-order valence-corrected chi connectivity index (χ2v) is 3.96. The van der Waals surface area contributed by atoms with Gasteiger partial charge >= 0.3 is 0 Å². The summed E-state index contributed by atoms with van der Waals surface area (Å²) in [6.45, 7) is 4.84. The van der Waals surface area contributed by atoms with Gasteiger partial charge in [-0.15, -0.1) is 0 Å². The molecule has 16 heavy (non-hydrogen) atoms. The Labute approximate surface area is 95.8 Å². The third-order valence-corrected chi connectivity index (χ3v) is 3.22. The number of H-pyrrole nitrogens is 1. The van der Waals surface area contributed by atoms with E-state index in [1.807, 2.05) is 19.9 Å². The summed E-state index contributed by atoms with van der Waals surface area (Å²) >= 11 is 0. The van der Waals surface area contributed by atoms with Crippen molar-refractivity contribution < 1.29 is 4.79 Å². The summed E-state index contributed by atoms with van der Waals surface area (Å²) in [5, 5.41) is 9.51. The van der Waals surface area contributed by atoms with Crippen molar-refractivity contribution in [1.82, 2.24) is 15.5 Å². The molecule has 5 nitrogen and oxygen atoms in total. The minimum atomic E-state index is -0.431. The predicted octanol–water partition coefficient (Wildman–Crippen LogP) is 0.791. The lowest BCUT2D eigenvalue weighted by molar-refractivity contribution is -0.131. The summed E-state index contributed by atoms with van der Waals surface area (Å²) in [6, 6.07) is 1.84. The molecule has 0 aliphatic rings. The molecule has 5 heteroatoms. The van der Waals surface area contributed by atoms with Crippen LogP contribution in [0.1, 0.15) is 32.4 Å². The second kappa shape index (κ2) is 5.65. The summed E-state index contributed by atoms with van der Waals surface area (Å²) in [5.41, 5.74) is 6.16. The molecule has 0 saturated heterocycles. The summed E-state index contributed by atoms with van der Waals surface area (Å²) in [5.74, 6) is 0.0228. The van der Waals surface area contributed by atoms with Crippen LogP contribution in [0.15, 0.2) is 12.3 Å². The van der Waals surface area contributed by atoms with Crippen molar-refractivity contribution in [3.63, 3.8) is 0 Å². The Morgan fingerprint density at radius 1 is 1.56 bits per heavy atom. The van der Waals surface area contributed by atoms with Crippen molar-refractivity contribution in [2.75, 3.05) is 6.54 Å². The molecule has 0 radical (unpaired) electrons. The fourth-order valence-electron chi connectivity index (χ4n) is 1.70. The van der Waals surface area contributed by atoms with Gasteiger partial charge in [-0.05, 0) is 18.9 Å². The van der Waals surface area contributed by atoms with Crippen LogP contribution in [0, 0.1) is 5.41 Å². The Morgan fingerprint density at radius 3 is 2.69 bits per heavy atom. The van der Waals surface area contributed by atoms with Gasteiger partial charge in [0, 0.05) is 12.7 Å². The van der Waals surface area contributed by atoms with Gasteiger partial charge in [0.25, 0.3) is 0 Å². The molecule has 1 rings (SSSR count). The van der Waals surface area contributed by atoms with Gasteiger partial charge in [-0.3, -0.25) is 9.89 Å². The summed E-state index contributed by atoms with van der Waals surface area (Å²) in [4.78, 5) is 12.0. The van der Waals surface area contributed by atoms with E-state index in [1.165, 1.54) is 0 Å². The molecule has 4 N–H and O–H groups in total. The van der Waals surface area contributed by atoms with Crippen LogP contribution in [0.25, 0.3) is 0 Å². The van der Waals surface area contributed by atoms with E-state index in [4.69, 9.17) is 5.73 Å². The molecular weight excluding hydrogens is 204 g/mol. The van der Waals surface area contributed by atoms with E-state index in [-0.39, 0.29) is 5.91 Å². The van der Waals surface area contributed by atoms with E-state index in [0.717, 1.165) is 18.5 Å². The molecule has 0 bridgehead atoms. The highest BCUT2D eigenvalue weighted by Crippen LogP contribution is 2.24. The normalized spacial score (nSPS) is 11.4. The quantitative estimate of drug-likeness (QED) is 0.668. The monoisotopic (exact) mass is 224 g/mol. The molecule has 0 spiro atoms. The molecule has 0 fully saturated rings. The number of aromatic nitrogens is 2. The number of nitrogens with zero attached hydrogens (tertiary/aromatic N) is 1. The highest BCUT2D eigenvalue weighted by molar-refractivity contribution is 5.82. The average molecular weight is 224 g/mol. The fourth-order valence-corrected chi connectivity index (χ4v) is 1.70. The van der Waals surface area contributed by atoms with E-state index >= 15 is 0 Å². The van der Waals surface area contributed by atoms with Gasteiger partial charge < -0.3 is 11.1 Å². The van der Waals surface area contributed by atoms with E-state index in [2.05, 4.69) is 15.5 Å². The van der Waals surface area contributed by atoms with Gasteiger partial charge in [-0.25, -0.2) is 0 Å². The first kappa shape index (κ1) is 12.7. The van der Waals surface area contributed by atoms with Crippen LogP contribution in [0.3, 0.4) is 0 Å². The van der Waals surface area contributed by atoms with E-state index in [1.54, 1.807) is 6.20 Å². The summed E-state index contributed by atoms with van der Waals surface area (Å²) in [7, 11) is 0. The number of hydrogen-bond donors (Lipinski definition) is 3. The van der Waals surface area contributed by atoms with Crippen molar-refractivity contribution in [2.45, 2.75) is 33.2 Å². The van der Waals surface area contributed by atoms with E-state index in [0.29, 0.717) is 13.1 Å². The highest BCUT2D eigenvalue weighted by Gasteiger charge is 2.32. The Bertz CT molecular complexity index is 308. The largest absolute Gasteiger partial charge is 0.350 e. The maximum absolute atomic E-state index is 12.0. The van der Waals surface area contributed by atoms with Crippen LogP contribution in [0.2, 0.25) is 0 Å². The zero-order valence-electron chi connectivity index (χ0n) is 9.92. The molecule has 1 aromatic heterocycles. The molecule has 1 heterocycles. The van der Waals surface area contributed by atoms with Crippen LogP contribution >= 0.6 is 0 Å². The number of nitrogens with two attached hydrogens (primary N) is 1. The SMILES string of the molecule is CCC(CC)(CN)C(=O)NCc1ccn[nH]1. The van der Waals surface area contributed by atoms with E-state index < -0.39 is 5.41 Å². The topological polar surface area (TPSA) is 83.8 Å². The van der Waals surface area contributed by atoms with Crippen LogP contribution < -0.4 is 11.1 Å². The van der Waals surface area contributed by atoms with Gasteiger partial charge in [-0.2, -0.15) is 5.10 Å². The third kappa shape index (κ3) is 2.61. The van der Waals surface area contributed by atoms with Crippen molar-refractivity contribution in [1.29, 1.82) is 0 Å². The van der Waals surface area contributed by atoms with Gasteiger partial charge in [0.05, 0.1) is 17.7 Å². The number of aromatic amines is 1. The number of rotatable bonds is 6. The standard InChI is InChI=1S/C11H20N4O/c1-3-11(4-2,8-12)10(16)13-7-9-5-6-14-15-9/h5-6H,3-4,7-8,12H2,1-2H3,(H,13,16)(H,14,15). The Balaban J connectivity index is 2.56. The Hall–Kier alpha value is -1.36. The first-order chi connectivity index (χ1) is 7.68. The molecule has 1 amide bonds. The molecule has 1 aromatic rings. The van der Waals surface area contributed by atoms with Crippen LogP contribution in [0.5, 0.6) is 0 Å². The van der Waals surface area contributed by atoms with Gasteiger partial charge in [0.15, 0.2) is 0 Å². The lowest BCUT2D eigenvalue weighted by Crippen LogP contribution is -2.45. The number of carbonyl (C=O) groups excluding carboxylic acids is 1. The second-order valence-electron chi connectivity index (χ2n) is 3.96. The number of hydrogen-bond acceptors (Lipinski definition) is 3. The van der Waals surface area contributed by atoms with Crippen molar-refractivity contribution in [2.24, 2.45) is 11.1 Å². The smallest absolute Gasteiger partial charge is 0.227 e. The first-order valence-electron chi connectivity index (χ1n) is 5.65. The first-order valence-corrected chi connectivity index (χ1v) is 5.65. The molecule has 0 aliphatic heterocycles. The molecular formula is C11H20N4O. The van der Waals surface area contributed by atoms with Gasteiger partial charge in [-0.1, -0.05) is 13.8 Å². The number of nitrogens with one attached hydrogen (secondary N) is 2. The maximum Gasteiger partial charge on any atom is 0.227 e. The molecule has 90 valence electrons. The van der Waals surface area contributed by atoms with Crippen LogP contribution in [0.4, 0.5) is 0 Å². The fraction of sp³-hybridized carbons (Fsp3) is 0.636.